The van der Waals surface area contributed by atoms with E-state index in [1.165, 1.54) is 0 Å². The molecule has 0 unspecified atom stereocenters. The molecule has 7 nitrogen and oxygen atoms in total. The van der Waals surface area contributed by atoms with Gasteiger partial charge in [0.15, 0.2) is 11.6 Å². The van der Waals surface area contributed by atoms with Crippen LogP contribution in [-0.4, -0.2) is 52.0 Å². The van der Waals surface area contributed by atoms with Gasteiger partial charge in [-0.25, -0.2) is 0 Å². The summed E-state index contributed by atoms with van der Waals surface area (Å²) in [6.07, 6.45) is -3.96. The Bertz CT molecular complexity index is 1070. The average Bonchev–Trinajstić information content (AvgIpc) is 3.18. The summed E-state index contributed by atoms with van der Waals surface area (Å²) in [4.78, 5) is 14.4. The third-order valence-corrected chi connectivity index (χ3v) is 5.42. The molecule has 0 bridgehead atoms. The summed E-state index contributed by atoms with van der Waals surface area (Å²) >= 11 is 0. The number of carbonyl (C=O) groups excluding carboxylic acids is 1. The summed E-state index contributed by atoms with van der Waals surface area (Å²) in [7, 11) is 0. The van der Waals surface area contributed by atoms with Gasteiger partial charge in [-0.15, -0.1) is 10.2 Å². The van der Waals surface area contributed by atoms with Crippen molar-refractivity contribution in [3.05, 3.63) is 36.0 Å². The fraction of sp³-hybridized carbons (Fsp3) is 0.429. The maximum absolute atomic E-state index is 12.6. The van der Waals surface area contributed by atoms with E-state index < -0.39 is 12.6 Å². The van der Waals surface area contributed by atoms with Crippen molar-refractivity contribution in [2.45, 2.75) is 32.4 Å². The number of aryl methyl sites for hydroxylation is 1. The van der Waals surface area contributed by atoms with Crippen LogP contribution in [-0.2, 0) is 4.79 Å². The third kappa shape index (κ3) is 5.38. The highest BCUT2D eigenvalue weighted by Crippen LogP contribution is 2.26. The molecule has 1 aliphatic heterocycles. The molecule has 0 aliphatic carbocycles. The Morgan fingerprint density at radius 3 is 2.65 bits per heavy atom. The summed E-state index contributed by atoms with van der Waals surface area (Å²) in [5.41, 5.74) is 2.29. The number of piperidine rings is 1. The first-order valence-corrected chi connectivity index (χ1v) is 10.1. The van der Waals surface area contributed by atoms with Crippen molar-refractivity contribution < 1.29 is 22.5 Å². The lowest BCUT2D eigenvalue weighted by Gasteiger charge is -2.31. The van der Waals surface area contributed by atoms with Gasteiger partial charge in [0.05, 0.1) is 17.6 Å². The van der Waals surface area contributed by atoms with Crippen LogP contribution >= 0.6 is 0 Å². The van der Waals surface area contributed by atoms with E-state index in [1.807, 2.05) is 31.2 Å². The van der Waals surface area contributed by atoms with Gasteiger partial charge in [0.1, 0.15) is 0 Å². The lowest BCUT2D eigenvalue weighted by atomic mass is 9.96. The quantitative estimate of drug-likeness (QED) is 0.649. The van der Waals surface area contributed by atoms with Gasteiger partial charge in [-0.1, -0.05) is 5.16 Å². The van der Waals surface area contributed by atoms with E-state index in [0.717, 1.165) is 16.6 Å². The zero-order valence-corrected chi connectivity index (χ0v) is 16.9. The van der Waals surface area contributed by atoms with Crippen LogP contribution in [0.5, 0.6) is 0 Å². The molecule has 1 aromatic carbocycles. The predicted octanol–water partition coefficient (Wildman–Crippen LogP) is 4.20. The number of carbonyl (C=O) groups is 1. The highest BCUT2D eigenvalue weighted by Gasteiger charge is 2.30. The maximum atomic E-state index is 12.6. The highest BCUT2D eigenvalue weighted by atomic mass is 19.4. The van der Waals surface area contributed by atoms with E-state index in [9.17, 15) is 18.0 Å². The molecule has 0 atom stereocenters. The summed E-state index contributed by atoms with van der Waals surface area (Å²) in [6.45, 7) is 2.75. The molecule has 0 spiro atoms. The van der Waals surface area contributed by atoms with Crippen LogP contribution < -0.4 is 5.32 Å². The Hall–Kier alpha value is -3.01. The topological polar surface area (TPSA) is 84.2 Å². The second kappa shape index (κ2) is 8.62. The van der Waals surface area contributed by atoms with Crippen molar-refractivity contribution in [3.8, 4) is 11.3 Å². The molecule has 1 N–H and O–H groups in total. The number of alkyl halides is 3. The molecule has 4 rings (SSSR count). The standard InChI is InChI=1S/C21H22F3N5O2/c1-13-10-18(31-28-13)15-2-3-17-16(11-15)12-19(27-26-17)25-20(30)14-4-7-29(8-5-14)9-6-21(22,23)24/h2-3,10-12,14H,4-9H2,1H3,(H,25,27,30). The monoisotopic (exact) mass is 433 g/mol. The number of likely N-dealkylation sites (tertiary alicyclic amines) is 1. The number of hydrogen-bond acceptors (Lipinski definition) is 6. The highest BCUT2D eigenvalue weighted by molar-refractivity contribution is 5.94. The van der Waals surface area contributed by atoms with Crippen molar-refractivity contribution in [2.75, 3.05) is 25.0 Å². The molecule has 1 saturated heterocycles. The lowest BCUT2D eigenvalue weighted by Crippen LogP contribution is -2.39. The number of nitrogens with zero attached hydrogens (tertiary/aromatic N) is 4. The summed E-state index contributed by atoms with van der Waals surface area (Å²) in [5.74, 6) is 0.524. The number of anilines is 1. The van der Waals surface area contributed by atoms with Crippen molar-refractivity contribution in [2.24, 2.45) is 5.92 Å². The number of benzene rings is 1. The summed E-state index contributed by atoms with van der Waals surface area (Å²) < 4.78 is 42.4. The Morgan fingerprint density at radius 2 is 1.97 bits per heavy atom. The van der Waals surface area contributed by atoms with E-state index in [4.69, 9.17) is 4.52 Å². The van der Waals surface area contributed by atoms with Crippen molar-refractivity contribution >= 4 is 22.6 Å². The van der Waals surface area contributed by atoms with Gasteiger partial charge in [-0.2, -0.15) is 13.2 Å². The average molecular weight is 433 g/mol. The minimum absolute atomic E-state index is 0.0268. The molecule has 3 heterocycles. The first-order valence-electron chi connectivity index (χ1n) is 10.1. The molecule has 164 valence electrons. The molecule has 1 fully saturated rings. The normalized spacial score (nSPS) is 16.0. The van der Waals surface area contributed by atoms with Crippen molar-refractivity contribution in [1.29, 1.82) is 0 Å². The molecule has 1 amide bonds. The molecule has 10 heteroatoms. The van der Waals surface area contributed by atoms with Crippen LogP contribution in [0.3, 0.4) is 0 Å². The molecule has 1 aliphatic rings. The van der Waals surface area contributed by atoms with Gasteiger partial charge < -0.3 is 14.7 Å². The largest absolute Gasteiger partial charge is 0.390 e. The van der Waals surface area contributed by atoms with Gasteiger partial charge in [-0.05, 0) is 57.1 Å². The number of amides is 1. The fourth-order valence-corrected chi connectivity index (χ4v) is 3.69. The number of halogens is 3. The number of hydrogen-bond donors (Lipinski definition) is 1. The predicted molar refractivity (Wildman–Crippen MR) is 108 cm³/mol. The molecular formula is C21H22F3N5O2. The second-order valence-electron chi connectivity index (χ2n) is 7.81. The van der Waals surface area contributed by atoms with Crippen LogP contribution in [0.1, 0.15) is 25.0 Å². The van der Waals surface area contributed by atoms with Crippen LogP contribution in [0, 0.1) is 12.8 Å². The molecule has 0 radical (unpaired) electrons. The minimum Gasteiger partial charge on any atom is -0.356 e. The lowest BCUT2D eigenvalue weighted by molar-refractivity contribution is -0.139. The van der Waals surface area contributed by atoms with E-state index >= 15 is 0 Å². The second-order valence-corrected chi connectivity index (χ2v) is 7.81. The van der Waals surface area contributed by atoms with Crippen LogP contribution in [0.15, 0.2) is 34.9 Å². The van der Waals surface area contributed by atoms with Crippen LogP contribution in [0.2, 0.25) is 0 Å². The Balaban J connectivity index is 1.38. The van der Waals surface area contributed by atoms with Crippen molar-refractivity contribution in [1.82, 2.24) is 20.3 Å². The molecule has 3 aromatic rings. The zero-order chi connectivity index (χ0) is 22.0. The van der Waals surface area contributed by atoms with E-state index in [0.29, 0.717) is 43.0 Å². The van der Waals surface area contributed by atoms with E-state index in [-0.39, 0.29) is 18.4 Å². The maximum Gasteiger partial charge on any atom is 0.390 e. The first kappa shape index (κ1) is 21.2. The minimum atomic E-state index is -4.16. The summed E-state index contributed by atoms with van der Waals surface area (Å²) in [5, 5.41) is 15.7. The molecule has 0 saturated carbocycles. The van der Waals surface area contributed by atoms with Gasteiger partial charge >= 0.3 is 6.18 Å². The number of aromatic nitrogens is 3. The summed E-state index contributed by atoms with van der Waals surface area (Å²) in [6, 6.07) is 9.14. The van der Waals surface area contributed by atoms with Crippen molar-refractivity contribution in [3.63, 3.8) is 0 Å². The zero-order valence-electron chi connectivity index (χ0n) is 16.9. The van der Waals surface area contributed by atoms with Crippen LogP contribution in [0.4, 0.5) is 19.0 Å². The Labute approximate surface area is 176 Å². The number of nitrogens with one attached hydrogen (secondary N) is 1. The van der Waals surface area contributed by atoms with E-state index in [1.54, 1.807) is 11.0 Å². The Morgan fingerprint density at radius 1 is 1.19 bits per heavy atom. The fourth-order valence-electron chi connectivity index (χ4n) is 3.69. The molecule has 2 aromatic heterocycles. The number of fused-ring (bicyclic) bond motifs is 1. The smallest absolute Gasteiger partial charge is 0.356 e. The third-order valence-electron chi connectivity index (χ3n) is 5.42. The first-order chi connectivity index (χ1) is 14.8. The van der Waals surface area contributed by atoms with Gasteiger partial charge in [0.2, 0.25) is 5.91 Å². The molecule has 31 heavy (non-hydrogen) atoms. The van der Waals surface area contributed by atoms with Gasteiger partial charge in [-0.3, -0.25) is 4.79 Å². The molecular weight excluding hydrogens is 411 g/mol. The Kier molecular flexibility index (Phi) is 5.90. The number of rotatable bonds is 5. The van der Waals surface area contributed by atoms with Gasteiger partial charge in [0.25, 0.3) is 0 Å². The van der Waals surface area contributed by atoms with Gasteiger partial charge in [0, 0.05) is 29.5 Å². The van der Waals surface area contributed by atoms with E-state index in [2.05, 4.69) is 20.7 Å². The van der Waals surface area contributed by atoms with Crippen LogP contribution in [0.25, 0.3) is 22.2 Å². The SMILES string of the molecule is Cc1cc(-c2ccc3nnc(NC(=O)C4CCN(CCC(F)(F)F)CC4)cc3c2)on1.